The fraction of sp³-hybridized carbons (Fsp3) is 0.333. The zero-order valence-corrected chi connectivity index (χ0v) is 9.56. The summed E-state index contributed by atoms with van der Waals surface area (Å²) in [5.41, 5.74) is 1.25. The third kappa shape index (κ3) is 2.07. The van der Waals surface area contributed by atoms with Crippen LogP contribution in [0, 0.1) is 3.57 Å². The third-order valence-electron chi connectivity index (χ3n) is 1.85. The molecule has 2 rings (SSSR count). The average molecular weight is 291 g/mol. The van der Waals surface area contributed by atoms with E-state index in [0.29, 0.717) is 6.04 Å². The molecule has 0 bridgehead atoms. The van der Waals surface area contributed by atoms with Crippen molar-refractivity contribution in [3.8, 4) is 0 Å². The molecule has 1 aliphatic heterocycles. The van der Waals surface area contributed by atoms with Crippen molar-refractivity contribution >= 4 is 40.0 Å². The smallest absolute Gasteiger partial charge is 0.0442 e. The predicted molar refractivity (Wildman–Crippen MR) is 63.9 cm³/mol. The lowest BCUT2D eigenvalue weighted by Crippen LogP contribution is -2.33. The molecule has 0 radical (unpaired) electrons. The Kier molecular flexibility index (Phi) is 2.80. The van der Waals surface area contributed by atoms with Crippen LogP contribution in [-0.4, -0.2) is 17.5 Å². The second-order valence-corrected chi connectivity index (χ2v) is 5.21. The van der Waals surface area contributed by atoms with Crippen LogP contribution in [0.25, 0.3) is 0 Å². The van der Waals surface area contributed by atoms with Gasteiger partial charge < -0.3 is 5.32 Å². The Morgan fingerprint density at radius 1 is 1.25 bits per heavy atom. The number of rotatable bonds is 2. The average Bonchev–Trinajstić information content (AvgIpc) is 2.00. The third-order valence-corrected chi connectivity index (χ3v) is 3.85. The van der Waals surface area contributed by atoms with Crippen LogP contribution in [0.3, 0.4) is 0 Å². The Labute approximate surface area is 90.5 Å². The first-order valence-electron chi connectivity index (χ1n) is 3.94. The molecule has 64 valence electrons. The minimum absolute atomic E-state index is 0.704. The highest BCUT2D eigenvalue weighted by atomic mass is 127. The van der Waals surface area contributed by atoms with Gasteiger partial charge in [0.05, 0.1) is 0 Å². The highest BCUT2D eigenvalue weighted by Crippen LogP contribution is 2.22. The summed E-state index contributed by atoms with van der Waals surface area (Å²) in [4.78, 5) is 0. The molecule has 1 aromatic carbocycles. The van der Waals surface area contributed by atoms with Crippen LogP contribution in [0.15, 0.2) is 24.3 Å². The Hall–Kier alpha value is 0.1000. The summed E-state index contributed by atoms with van der Waals surface area (Å²) >= 11 is 4.33. The number of hydrogen-bond donors (Lipinski definition) is 1. The maximum absolute atomic E-state index is 3.48. The maximum Gasteiger partial charge on any atom is 0.0442 e. The van der Waals surface area contributed by atoms with Gasteiger partial charge in [-0.1, -0.05) is 0 Å². The van der Waals surface area contributed by atoms with E-state index in [4.69, 9.17) is 0 Å². The summed E-state index contributed by atoms with van der Waals surface area (Å²) in [6.07, 6.45) is 0. The number of halogens is 1. The molecule has 1 saturated heterocycles. The van der Waals surface area contributed by atoms with E-state index >= 15 is 0 Å². The van der Waals surface area contributed by atoms with Gasteiger partial charge in [-0.15, -0.1) is 0 Å². The molecule has 0 amide bonds. The zero-order valence-electron chi connectivity index (χ0n) is 6.59. The molecule has 0 aliphatic carbocycles. The van der Waals surface area contributed by atoms with Crippen molar-refractivity contribution in [2.45, 2.75) is 6.04 Å². The topological polar surface area (TPSA) is 12.0 Å². The van der Waals surface area contributed by atoms with Crippen molar-refractivity contribution in [2.24, 2.45) is 0 Å². The summed E-state index contributed by atoms with van der Waals surface area (Å²) in [6.45, 7) is 0. The van der Waals surface area contributed by atoms with Gasteiger partial charge >= 0.3 is 0 Å². The Bertz CT molecular complexity index is 256. The van der Waals surface area contributed by atoms with Gasteiger partial charge in [0.2, 0.25) is 0 Å². The lowest BCUT2D eigenvalue weighted by Gasteiger charge is -2.26. The first kappa shape index (κ1) is 8.69. The van der Waals surface area contributed by atoms with Crippen LogP contribution < -0.4 is 5.32 Å². The molecule has 1 heterocycles. The highest BCUT2D eigenvalue weighted by molar-refractivity contribution is 14.1. The predicted octanol–water partition coefficient (Wildman–Crippen LogP) is 2.82. The van der Waals surface area contributed by atoms with Crippen molar-refractivity contribution in [3.63, 3.8) is 0 Å². The number of nitrogens with one attached hydrogen (secondary N) is 1. The van der Waals surface area contributed by atoms with Gasteiger partial charge in [-0.3, -0.25) is 0 Å². The van der Waals surface area contributed by atoms with Gasteiger partial charge in [-0.2, -0.15) is 11.8 Å². The number of thioether (sulfide) groups is 1. The molecule has 0 atom stereocenters. The second-order valence-electron chi connectivity index (χ2n) is 2.89. The van der Waals surface area contributed by atoms with Gasteiger partial charge in [-0.05, 0) is 46.9 Å². The summed E-state index contributed by atoms with van der Waals surface area (Å²) in [6, 6.07) is 9.26. The van der Waals surface area contributed by atoms with Crippen LogP contribution in [0.2, 0.25) is 0 Å². The summed E-state index contributed by atoms with van der Waals surface area (Å²) in [5.74, 6) is 2.51. The molecule has 12 heavy (non-hydrogen) atoms. The molecule has 0 unspecified atom stereocenters. The quantitative estimate of drug-likeness (QED) is 0.841. The summed E-state index contributed by atoms with van der Waals surface area (Å²) < 4.78 is 1.29. The highest BCUT2D eigenvalue weighted by Gasteiger charge is 2.16. The molecule has 0 spiro atoms. The molecule has 1 N–H and O–H groups in total. The van der Waals surface area contributed by atoms with Crippen LogP contribution in [0.5, 0.6) is 0 Å². The Morgan fingerprint density at radius 2 is 1.92 bits per heavy atom. The minimum atomic E-state index is 0.704. The SMILES string of the molecule is Ic1ccc(NC2CSC2)cc1. The molecular formula is C9H10INS. The zero-order chi connectivity index (χ0) is 8.39. The van der Waals surface area contributed by atoms with E-state index in [2.05, 4.69) is 52.2 Å². The fourth-order valence-corrected chi connectivity index (χ4v) is 2.10. The molecule has 1 nitrogen and oxygen atoms in total. The van der Waals surface area contributed by atoms with Gasteiger partial charge in [0.25, 0.3) is 0 Å². The van der Waals surface area contributed by atoms with Crippen LogP contribution in [0.1, 0.15) is 0 Å². The fourth-order valence-electron chi connectivity index (χ4n) is 1.10. The molecular weight excluding hydrogens is 281 g/mol. The maximum atomic E-state index is 3.48. The van der Waals surface area contributed by atoms with Crippen molar-refractivity contribution < 1.29 is 0 Å². The lowest BCUT2D eigenvalue weighted by molar-refractivity contribution is 0.882. The minimum Gasteiger partial charge on any atom is -0.381 e. The molecule has 0 saturated carbocycles. The Morgan fingerprint density at radius 3 is 2.42 bits per heavy atom. The van der Waals surface area contributed by atoms with Gasteiger partial charge in [-0.25, -0.2) is 0 Å². The Balaban J connectivity index is 1.98. The first-order chi connectivity index (χ1) is 5.84. The van der Waals surface area contributed by atoms with Gasteiger partial charge in [0, 0.05) is 26.8 Å². The standard InChI is InChI=1S/C9H10INS/c10-7-1-3-8(4-2-7)11-9-5-12-6-9/h1-4,9,11H,5-6H2. The number of anilines is 1. The van der Waals surface area contributed by atoms with Gasteiger partial charge in [0.1, 0.15) is 0 Å². The molecule has 1 aromatic rings. The van der Waals surface area contributed by atoms with E-state index in [-0.39, 0.29) is 0 Å². The molecule has 3 heteroatoms. The molecule has 0 aromatic heterocycles. The van der Waals surface area contributed by atoms with Crippen LogP contribution >= 0.6 is 34.4 Å². The monoisotopic (exact) mass is 291 g/mol. The number of benzene rings is 1. The van der Waals surface area contributed by atoms with E-state index in [9.17, 15) is 0 Å². The lowest BCUT2D eigenvalue weighted by atomic mass is 10.3. The summed E-state index contributed by atoms with van der Waals surface area (Å²) in [7, 11) is 0. The van der Waals surface area contributed by atoms with E-state index < -0.39 is 0 Å². The van der Waals surface area contributed by atoms with Crippen LogP contribution in [0.4, 0.5) is 5.69 Å². The van der Waals surface area contributed by atoms with Crippen molar-refractivity contribution in [1.82, 2.24) is 0 Å². The van der Waals surface area contributed by atoms with E-state index in [1.807, 2.05) is 11.8 Å². The first-order valence-corrected chi connectivity index (χ1v) is 6.18. The summed E-state index contributed by atoms with van der Waals surface area (Å²) in [5, 5.41) is 3.48. The van der Waals surface area contributed by atoms with Crippen molar-refractivity contribution in [2.75, 3.05) is 16.8 Å². The molecule has 1 aliphatic rings. The van der Waals surface area contributed by atoms with Crippen LogP contribution in [-0.2, 0) is 0 Å². The largest absolute Gasteiger partial charge is 0.381 e. The van der Waals surface area contributed by atoms with Gasteiger partial charge in [0.15, 0.2) is 0 Å². The normalized spacial score (nSPS) is 17.1. The van der Waals surface area contributed by atoms with Crippen molar-refractivity contribution in [1.29, 1.82) is 0 Å². The molecule has 1 fully saturated rings. The van der Waals surface area contributed by atoms with E-state index in [0.717, 1.165) is 0 Å². The van der Waals surface area contributed by atoms with E-state index in [1.165, 1.54) is 20.8 Å². The van der Waals surface area contributed by atoms with E-state index in [1.54, 1.807) is 0 Å². The number of hydrogen-bond acceptors (Lipinski definition) is 2. The second kappa shape index (κ2) is 3.87. The van der Waals surface area contributed by atoms with Crippen molar-refractivity contribution in [3.05, 3.63) is 27.8 Å².